The van der Waals surface area contributed by atoms with Gasteiger partial charge in [-0.2, -0.15) is 0 Å². The van der Waals surface area contributed by atoms with Crippen LogP contribution in [-0.4, -0.2) is 36.7 Å². The van der Waals surface area contributed by atoms with E-state index in [0.29, 0.717) is 12.1 Å². The molecule has 3 saturated heterocycles. The Morgan fingerprint density at radius 3 is 2.63 bits per heavy atom. The number of methoxy groups -OCH3 is 1. The molecule has 3 heteroatoms. The van der Waals surface area contributed by atoms with Crippen molar-refractivity contribution in [2.45, 2.75) is 57.3 Å². The monoisotopic (exact) mass is 364 g/mol. The van der Waals surface area contributed by atoms with Gasteiger partial charge >= 0.3 is 0 Å². The highest BCUT2D eigenvalue weighted by Gasteiger charge is 2.44. The highest BCUT2D eigenvalue weighted by molar-refractivity contribution is 5.33. The predicted octanol–water partition coefficient (Wildman–Crippen LogP) is 4.27. The Labute approximate surface area is 163 Å². The maximum atomic E-state index is 5.51. The first-order valence-electron chi connectivity index (χ1n) is 10.4. The molecule has 5 rings (SSSR count). The lowest BCUT2D eigenvalue weighted by Crippen LogP contribution is -2.64. The minimum absolute atomic E-state index is 0.580. The van der Waals surface area contributed by atoms with Crippen LogP contribution in [0.5, 0.6) is 5.75 Å². The molecule has 27 heavy (non-hydrogen) atoms. The minimum Gasteiger partial charge on any atom is -0.496 e. The van der Waals surface area contributed by atoms with E-state index < -0.39 is 0 Å². The second-order valence-electron chi connectivity index (χ2n) is 8.16. The summed E-state index contributed by atoms with van der Waals surface area (Å²) >= 11 is 0. The highest BCUT2D eigenvalue weighted by Crippen LogP contribution is 2.38. The van der Waals surface area contributed by atoms with Crippen LogP contribution >= 0.6 is 0 Å². The molecule has 0 amide bonds. The van der Waals surface area contributed by atoms with E-state index in [1.54, 1.807) is 7.11 Å². The Balaban J connectivity index is 1.36. The molecule has 0 spiro atoms. The molecular weight excluding hydrogens is 332 g/mol. The van der Waals surface area contributed by atoms with Gasteiger partial charge in [-0.15, -0.1) is 0 Å². The van der Waals surface area contributed by atoms with Gasteiger partial charge in [-0.1, -0.05) is 48.5 Å². The second-order valence-corrected chi connectivity index (χ2v) is 8.16. The maximum Gasteiger partial charge on any atom is 0.123 e. The number of piperidine rings is 3. The number of hydrogen-bond donors (Lipinski definition) is 1. The molecule has 3 aliphatic rings. The minimum atomic E-state index is 0.580. The number of ether oxygens (including phenoxy) is 1. The average molecular weight is 365 g/mol. The molecule has 0 aliphatic carbocycles. The Bertz CT molecular complexity index is 730. The van der Waals surface area contributed by atoms with Crippen molar-refractivity contribution in [2.75, 3.05) is 13.7 Å². The van der Waals surface area contributed by atoms with Crippen molar-refractivity contribution in [1.82, 2.24) is 10.2 Å². The molecule has 0 saturated carbocycles. The molecule has 5 unspecified atom stereocenters. The van der Waals surface area contributed by atoms with E-state index >= 15 is 0 Å². The van der Waals surface area contributed by atoms with E-state index in [-0.39, 0.29) is 0 Å². The van der Waals surface area contributed by atoms with Gasteiger partial charge < -0.3 is 10.1 Å². The van der Waals surface area contributed by atoms with Gasteiger partial charge in [-0.25, -0.2) is 0 Å². The summed E-state index contributed by atoms with van der Waals surface area (Å²) in [5.41, 5.74) is 2.72. The quantitative estimate of drug-likeness (QED) is 0.794. The number of nitrogens with zero attached hydrogens (tertiary/aromatic N) is 1. The van der Waals surface area contributed by atoms with Crippen LogP contribution in [0.3, 0.4) is 0 Å². The third-order valence-corrected chi connectivity index (χ3v) is 6.68. The number of hydrogen-bond acceptors (Lipinski definition) is 3. The molecule has 3 heterocycles. The third-order valence-electron chi connectivity index (χ3n) is 6.68. The summed E-state index contributed by atoms with van der Waals surface area (Å²) in [4.78, 5) is 2.77. The number of rotatable bonds is 7. The van der Waals surface area contributed by atoms with Gasteiger partial charge in [0.2, 0.25) is 0 Å². The number of nitrogens with one attached hydrogen (secondary N) is 1. The fraction of sp³-hybridized carbons (Fsp3) is 0.500. The van der Waals surface area contributed by atoms with Crippen LogP contribution in [0.2, 0.25) is 0 Å². The van der Waals surface area contributed by atoms with Crippen molar-refractivity contribution in [3.05, 3.63) is 65.7 Å². The van der Waals surface area contributed by atoms with Crippen LogP contribution < -0.4 is 10.1 Å². The summed E-state index contributed by atoms with van der Waals surface area (Å²) < 4.78 is 5.51. The van der Waals surface area contributed by atoms with Crippen LogP contribution in [0.1, 0.15) is 37.3 Å². The zero-order chi connectivity index (χ0) is 18.6. The van der Waals surface area contributed by atoms with Crippen molar-refractivity contribution in [1.29, 1.82) is 0 Å². The van der Waals surface area contributed by atoms with Crippen LogP contribution in [0.15, 0.2) is 54.6 Å². The van der Waals surface area contributed by atoms with Gasteiger partial charge in [0.05, 0.1) is 7.11 Å². The van der Waals surface area contributed by atoms with Crippen LogP contribution in [0.4, 0.5) is 0 Å². The highest BCUT2D eigenvalue weighted by atomic mass is 16.5. The van der Waals surface area contributed by atoms with Crippen LogP contribution in [-0.2, 0) is 13.0 Å². The molecule has 0 radical (unpaired) electrons. The van der Waals surface area contributed by atoms with Gasteiger partial charge in [0.25, 0.3) is 0 Å². The molecule has 2 aromatic carbocycles. The van der Waals surface area contributed by atoms with Crippen molar-refractivity contribution >= 4 is 0 Å². The summed E-state index contributed by atoms with van der Waals surface area (Å²) in [5, 5.41) is 3.87. The summed E-state index contributed by atoms with van der Waals surface area (Å²) in [7, 11) is 1.76. The van der Waals surface area contributed by atoms with Crippen molar-refractivity contribution in [3.63, 3.8) is 0 Å². The first-order chi connectivity index (χ1) is 13.3. The van der Waals surface area contributed by atoms with Crippen LogP contribution in [0, 0.1) is 5.92 Å². The molecule has 0 aromatic heterocycles. The van der Waals surface area contributed by atoms with Crippen molar-refractivity contribution < 1.29 is 4.74 Å². The summed E-state index contributed by atoms with van der Waals surface area (Å²) in [6.07, 6.45) is 5.14. The van der Waals surface area contributed by atoms with Gasteiger partial charge in [0, 0.05) is 30.2 Å². The Kier molecular flexibility index (Phi) is 5.80. The zero-order valence-corrected chi connectivity index (χ0v) is 16.6. The molecule has 3 fully saturated rings. The summed E-state index contributed by atoms with van der Waals surface area (Å²) in [5.74, 6) is 1.78. The Morgan fingerprint density at radius 1 is 1.07 bits per heavy atom. The first-order valence-corrected chi connectivity index (χ1v) is 10.4. The van der Waals surface area contributed by atoms with Gasteiger partial charge in [0.1, 0.15) is 5.75 Å². The number of benzene rings is 2. The van der Waals surface area contributed by atoms with E-state index in [2.05, 4.69) is 65.7 Å². The van der Waals surface area contributed by atoms with Crippen LogP contribution in [0.25, 0.3) is 0 Å². The van der Waals surface area contributed by atoms with E-state index in [1.165, 1.54) is 43.4 Å². The fourth-order valence-corrected chi connectivity index (χ4v) is 5.24. The van der Waals surface area contributed by atoms with E-state index in [9.17, 15) is 0 Å². The van der Waals surface area contributed by atoms with E-state index in [1.807, 2.05) is 6.07 Å². The topological polar surface area (TPSA) is 24.5 Å². The summed E-state index contributed by atoms with van der Waals surface area (Å²) in [6, 6.07) is 21.2. The van der Waals surface area contributed by atoms with Gasteiger partial charge in [-0.05, 0) is 56.7 Å². The fourth-order valence-electron chi connectivity index (χ4n) is 5.24. The number of fused-ring (bicyclic) bond motifs is 3. The standard InChI is InChI=1S/C24H32N2O/c1-18-24(25-17-21-10-6-7-11-23(21)27-2)20-14-15-26(18)22(16-20)13-12-19-8-4-3-5-9-19/h3-11,18,20,22,24-25H,12-17H2,1-2H3. The van der Waals surface area contributed by atoms with E-state index in [4.69, 9.17) is 4.74 Å². The first kappa shape index (κ1) is 18.5. The number of aryl methyl sites for hydroxylation is 1. The maximum absolute atomic E-state index is 5.51. The lowest BCUT2D eigenvalue weighted by molar-refractivity contribution is -0.0278. The Hall–Kier alpha value is -1.84. The molecule has 2 aromatic rings. The molecule has 2 bridgehead atoms. The lowest BCUT2D eigenvalue weighted by Gasteiger charge is -2.54. The largest absolute Gasteiger partial charge is 0.496 e. The molecule has 1 N–H and O–H groups in total. The third kappa shape index (κ3) is 4.04. The molecule has 5 atom stereocenters. The molecule has 3 nitrogen and oxygen atoms in total. The lowest BCUT2D eigenvalue weighted by atomic mass is 9.74. The van der Waals surface area contributed by atoms with E-state index in [0.717, 1.165) is 24.3 Å². The SMILES string of the molecule is COc1ccccc1CNC1C2CCN(C(CCc3ccccc3)C2)C1C. The smallest absolute Gasteiger partial charge is 0.123 e. The summed E-state index contributed by atoms with van der Waals surface area (Å²) in [6.45, 7) is 4.57. The second kappa shape index (κ2) is 8.45. The van der Waals surface area contributed by atoms with Crippen molar-refractivity contribution in [3.8, 4) is 5.75 Å². The Morgan fingerprint density at radius 2 is 1.85 bits per heavy atom. The molecular formula is C24H32N2O. The van der Waals surface area contributed by atoms with Crippen molar-refractivity contribution in [2.24, 2.45) is 5.92 Å². The van der Waals surface area contributed by atoms with Gasteiger partial charge in [0.15, 0.2) is 0 Å². The molecule has 3 aliphatic heterocycles. The normalized spacial score (nSPS) is 29.6. The molecule has 144 valence electrons. The van der Waals surface area contributed by atoms with Gasteiger partial charge in [-0.3, -0.25) is 4.90 Å². The average Bonchev–Trinajstić information content (AvgIpc) is 2.73. The number of para-hydroxylation sites is 1. The zero-order valence-electron chi connectivity index (χ0n) is 16.6. The predicted molar refractivity (Wildman–Crippen MR) is 111 cm³/mol.